The summed E-state index contributed by atoms with van der Waals surface area (Å²) in [5.74, 6) is 3.53. The zero-order valence-electron chi connectivity index (χ0n) is 15.0. The molecule has 7 heteroatoms. The molecule has 3 heterocycles. The molecular weight excluding hydrogens is 328 g/mol. The second kappa shape index (κ2) is 6.54. The second-order valence-corrected chi connectivity index (χ2v) is 7.90. The molecule has 0 aromatic carbocycles. The van der Waals surface area contributed by atoms with Crippen LogP contribution in [-0.2, 0) is 12.8 Å². The van der Waals surface area contributed by atoms with Gasteiger partial charge >= 0.3 is 0 Å². The van der Waals surface area contributed by atoms with E-state index in [4.69, 9.17) is 9.97 Å². The number of nitrogens with one attached hydrogen (secondary N) is 2. The van der Waals surface area contributed by atoms with Gasteiger partial charge < -0.3 is 15.3 Å². The Labute approximate surface area is 153 Å². The number of piperidine rings is 1. The van der Waals surface area contributed by atoms with Gasteiger partial charge in [-0.1, -0.05) is 0 Å². The number of hydrogen-bond acceptors (Lipinski definition) is 6. The Bertz CT molecular complexity index is 799. The summed E-state index contributed by atoms with van der Waals surface area (Å²) in [4.78, 5) is 12.0. The van der Waals surface area contributed by atoms with Crippen molar-refractivity contribution in [1.29, 1.82) is 0 Å². The van der Waals surface area contributed by atoms with E-state index in [2.05, 4.69) is 26.5 Å². The number of rotatable bonds is 5. The van der Waals surface area contributed by atoms with E-state index >= 15 is 0 Å². The molecule has 1 aliphatic heterocycles. The SMILES string of the molecule is OCC1CCCN(c2nc3c(c(Nc4cc(C5CC5)[nH]n4)n2)CCC3)C1. The number of nitrogens with zero attached hydrogens (tertiary/aromatic N) is 4. The lowest BCUT2D eigenvalue weighted by atomic mass is 9.99. The molecule has 3 N–H and O–H groups in total. The van der Waals surface area contributed by atoms with Crippen LogP contribution in [0.15, 0.2) is 6.07 Å². The molecule has 0 amide bonds. The molecule has 1 saturated heterocycles. The number of hydrogen-bond donors (Lipinski definition) is 3. The fourth-order valence-corrected chi connectivity index (χ4v) is 4.19. The van der Waals surface area contributed by atoms with Crippen LogP contribution in [0.5, 0.6) is 0 Å². The number of fused-ring (bicyclic) bond motifs is 1. The predicted molar refractivity (Wildman–Crippen MR) is 99.9 cm³/mol. The van der Waals surface area contributed by atoms with Crippen LogP contribution in [0.2, 0.25) is 0 Å². The molecule has 3 aliphatic rings. The van der Waals surface area contributed by atoms with Crippen LogP contribution in [0.25, 0.3) is 0 Å². The monoisotopic (exact) mass is 354 g/mol. The van der Waals surface area contributed by atoms with Gasteiger partial charge in [0.05, 0.1) is 5.69 Å². The lowest BCUT2D eigenvalue weighted by molar-refractivity contribution is 0.208. The Kier molecular flexibility index (Phi) is 4.04. The van der Waals surface area contributed by atoms with Crippen molar-refractivity contribution >= 4 is 17.6 Å². The highest BCUT2D eigenvalue weighted by atomic mass is 16.3. The molecule has 7 nitrogen and oxygen atoms in total. The Morgan fingerprint density at radius 3 is 2.96 bits per heavy atom. The third kappa shape index (κ3) is 3.05. The molecule has 1 atom stereocenters. The average Bonchev–Trinajstić information content (AvgIpc) is 3.23. The highest BCUT2D eigenvalue weighted by Gasteiger charge is 2.27. The molecule has 0 spiro atoms. The van der Waals surface area contributed by atoms with Crippen LogP contribution in [0, 0.1) is 5.92 Å². The normalized spacial score (nSPS) is 22.5. The zero-order chi connectivity index (χ0) is 17.5. The zero-order valence-corrected chi connectivity index (χ0v) is 15.0. The van der Waals surface area contributed by atoms with E-state index in [-0.39, 0.29) is 6.61 Å². The van der Waals surface area contributed by atoms with Crippen molar-refractivity contribution in [2.45, 2.75) is 50.9 Å². The van der Waals surface area contributed by atoms with Gasteiger partial charge in [-0.15, -0.1) is 0 Å². The first-order valence-corrected chi connectivity index (χ1v) is 9.88. The molecule has 138 valence electrons. The van der Waals surface area contributed by atoms with Gasteiger partial charge in [0.1, 0.15) is 5.82 Å². The molecule has 2 fully saturated rings. The van der Waals surface area contributed by atoms with E-state index in [0.717, 1.165) is 62.8 Å². The van der Waals surface area contributed by atoms with E-state index in [1.807, 2.05) is 0 Å². The van der Waals surface area contributed by atoms with E-state index in [1.54, 1.807) is 0 Å². The van der Waals surface area contributed by atoms with Crippen molar-refractivity contribution < 1.29 is 5.11 Å². The van der Waals surface area contributed by atoms with E-state index in [9.17, 15) is 5.11 Å². The maximum atomic E-state index is 9.52. The van der Waals surface area contributed by atoms with Crippen LogP contribution >= 0.6 is 0 Å². The van der Waals surface area contributed by atoms with Crippen LogP contribution in [0.3, 0.4) is 0 Å². The van der Waals surface area contributed by atoms with Crippen LogP contribution in [-0.4, -0.2) is 45.0 Å². The highest BCUT2D eigenvalue weighted by Crippen LogP contribution is 2.40. The van der Waals surface area contributed by atoms with E-state index in [0.29, 0.717) is 11.8 Å². The first-order valence-electron chi connectivity index (χ1n) is 9.88. The first kappa shape index (κ1) is 16.1. The quantitative estimate of drug-likeness (QED) is 0.764. The van der Waals surface area contributed by atoms with Crippen LogP contribution in [0.4, 0.5) is 17.6 Å². The Balaban J connectivity index is 1.43. The number of aliphatic hydroxyl groups is 1. The fraction of sp³-hybridized carbons (Fsp3) is 0.632. The van der Waals surface area contributed by atoms with Gasteiger partial charge in [0.15, 0.2) is 5.82 Å². The smallest absolute Gasteiger partial charge is 0.227 e. The van der Waals surface area contributed by atoms with E-state index in [1.165, 1.54) is 29.8 Å². The molecule has 0 bridgehead atoms. The van der Waals surface area contributed by atoms with Gasteiger partial charge in [-0.25, -0.2) is 4.98 Å². The van der Waals surface area contributed by atoms with Crippen molar-refractivity contribution in [2.75, 3.05) is 29.9 Å². The van der Waals surface area contributed by atoms with Crippen molar-refractivity contribution in [3.63, 3.8) is 0 Å². The molecule has 26 heavy (non-hydrogen) atoms. The molecule has 2 aromatic rings. The number of aromatic nitrogens is 4. The van der Waals surface area contributed by atoms with Gasteiger partial charge in [0.2, 0.25) is 5.95 Å². The summed E-state index contributed by atoms with van der Waals surface area (Å²) < 4.78 is 0. The summed E-state index contributed by atoms with van der Waals surface area (Å²) in [7, 11) is 0. The van der Waals surface area contributed by atoms with Gasteiger partial charge in [-0.3, -0.25) is 5.10 Å². The first-order chi connectivity index (χ1) is 12.8. The van der Waals surface area contributed by atoms with Crippen LogP contribution in [0.1, 0.15) is 55.0 Å². The minimum Gasteiger partial charge on any atom is -0.396 e. The van der Waals surface area contributed by atoms with Crippen molar-refractivity contribution in [1.82, 2.24) is 20.2 Å². The number of anilines is 3. The molecule has 0 radical (unpaired) electrons. The predicted octanol–water partition coefficient (Wildman–Crippen LogP) is 2.52. The minimum atomic E-state index is 0.240. The standard InChI is InChI=1S/C19H26N6O/c26-11-12-3-2-8-25(10-12)19-20-15-5-1-4-14(15)18(22-19)21-17-9-16(23-24-17)13-6-7-13/h9,12-13,26H,1-8,10-11H2,(H2,20,21,22,23,24). The molecule has 5 rings (SSSR count). The number of aromatic amines is 1. The molecule has 1 unspecified atom stereocenters. The van der Waals surface area contributed by atoms with Gasteiger partial charge in [-0.2, -0.15) is 10.1 Å². The summed E-state index contributed by atoms with van der Waals surface area (Å²) >= 11 is 0. The van der Waals surface area contributed by atoms with Crippen molar-refractivity contribution in [3.8, 4) is 0 Å². The molecule has 2 aromatic heterocycles. The third-order valence-corrected chi connectivity index (χ3v) is 5.84. The van der Waals surface area contributed by atoms with E-state index < -0.39 is 0 Å². The van der Waals surface area contributed by atoms with Crippen molar-refractivity contribution in [3.05, 3.63) is 23.0 Å². The number of aryl methyl sites for hydroxylation is 1. The summed E-state index contributed by atoms with van der Waals surface area (Å²) in [6, 6.07) is 2.11. The Morgan fingerprint density at radius 1 is 1.19 bits per heavy atom. The second-order valence-electron chi connectivity index (χ2n) is 7.90. The fourth-order valence-electron chi connectivity index (χ4n) is 4.19. The Morgan fingerprint density at radius 2 is 2.12 bits per heavy atom. The number of H-pyrrole nitrogens is 1. The minimum absolute atomic E-state index is 0.240. The molecule has 2 aliphatic carbocycles. The summed E-state index contributed by atoms with van der Waals surface area (Å²) in [6.45, 7) is 2.04. The summed E-state index contributed by atoms with van der Waals surface area (Å²) in [5, 5.41) is 20.5. The molecule has 1 saturated carbocycles. The summed E-state index contributed by atoms with van der Waals surface area (Å²) in [6.07, 6.45) is 7.86. The number of aliphatic hydroxyl groups excluding tert-OH is 1. The average molecular weight is 354 g/mol. The van der Waals surface area contributed by atoms with Gasteiger partial charge in [-0.05, 0) is 50.9 Å². The largest absolute Gasteiger partial charge is 0.396 e. The molecular formula is C19H26N6O. The van der Waals surface area contributed by atoms with Gasteiger partial charge in [0.25, 0.3) is 0 Å². The summed E-state index contributed by atoms with van der Waals surface area (Å²) in [5.41, 5.74) is 3.63. The topological polar surface area (TPSA) is 90.0 Å². The van der Waals surface area contributed by atoms with Crippen molar-refractivity contribution in [2.24, 2.45) is 5.92 Å². The van der Waals surface area contributed by atoms with Crippen LogP contribution < -0.4 is 10.2 Å². The Hall–Kier alpha value is -2.15. The maximum absolute atomic E-state index is 9.52. The lowest BCUT2D eigenvalue weighted by Gasteiger charge is -2.32. The highest BCUT2D eigenvalue weighted by molar-refractivity contribution is 5.60. The lowest BCUT2D eigenvalue weighted by Crippen LogP contribution is -2.38. The van der Waals surface area contributed by atoms with Gasteiger partial charge in [0, 0.05) is 42.9 Å². The third-order valence-electron chi connectivity index (χ3n) is 5.84. The maximum Gasteiger partial charge on any atom is 0.227 e.